The van der Waals surface area contributed by atoms with E-state index in [0.29, 0.717) is 28.9 Å². The van der Waals surface area contributed by atoms with Crippen molar-refractivity contribution in [3.8, 4) is 17.1 Å². The van der Waals surface area contributed by atoms with Crippen molar-refractivity contribution in [1.82, 2.24) is 15.0 Å². The van der Waals surface area contributed by atoms with Crippen LogP contribution in [0.3, 0.4) is 0 Å². The molecule has 0 fully saturated rings. The third-order valence-corrected chi connectivity index (χ3v) is 4.31. The normalized spacial score (nSPS) is 11.9. The summed E-state index contributed by atoms with van der Waals surface area (Å²) in [7, 11) is 1.63. The third kappa shape index (κ3) is 4.86. The smallest absolute Gasteiger partial charge is 0.263 e. The van der Waals surface area contributed by atoms with Crippen LogP contribution in [0.25, 0.3) is 11.4 Å². The Morgan fingerprint density at radius 2 is 1.89 bits per heavy atom. The van der Waals surface area contributed by atoms with Gasteiger partial charge in [-0.15, -0.1) is 0 Å². The molecule has 1 amide bonds. The summed E-state index contributed by atoms with van der Waals surface area (Å²) in [5.74, 6) is 0.548. The lowest BCUT2D eigenvalue weighted by atomic mass is 10.2. The van der Waals surface area contributed by atoms with Crippen LogP contribution in [-0.4, -0.2) is 34.1 Å². The zero-order chi connectivity index (χ0) is 20.1. The van der Waals surface area contributed by atoms with Gasteiger partial charge in [0, 0.05) is 17.6 Å². The molecule has 0 saturated carbocycles. The largest absolute Gasteiger partial charge is 0.481 e. The van der Waals surface area contributed by atoms with Crippen LogP contribution in [-0.2, 0) is 11.3 Å². The lowest BCUT2D eigenvalue weighted by molar-refractivity contribution is -0.138. The van der Waals surface area contributed by atoms with E-state index >= 15 is 0 Å². The minimum atomic E-state index is -0.700. The van der Waals surface area contributed by atoms with Gasteiger partial charge in [0.15, 0.2) is 6.10 Å². The van der Waals surface area contributed by atoms with Crippen molar-refractivity contribution in [2.45, 2.75) is 26.0 Å². The molecule has 0 unspecified atom stereocenters. The highest BCUT2D eigenvalue weighted by Gasteiger charge is 2.24. The molecule has 0 bridgehead atoms. The Morgan fingerprint density at radius 3 is 2.54 bits per heavy atom. The van der Waals surface area contributed by atoms with E-state index in [2.05, 4.69) is 10.1 Å². The van der Waals surface area contributed by atoms with Gasteiger partial charge in [-0.05, 0) is 55.0 Å². The van der Waals surface area contributed by atoms with Crippen molar-refractivity contribution >= 4 is 17.5 Å². The van der Waals surface area contributed by atoms with Gasteiger partial charge in [-0.3, -0.25) is 4.79 Å². The van der Waals surface area contributed by atoms with E-state index in [1.54, 1.807) is 31.3 Å². The van der Waals surface area contributed by atoms with E-state index in [1.165, 1.54) is 29.2 Å². The van der Waals surface area contributed by atoms with E-state index in [-0.39, 0.29) is 18.3 Å². The number of rotatable bonds is 7. The molecular weight excluding hydrogens is 385 g/mol. The van der Waals surface area contributed by atoms with Gasteiger partial charge in [0.2, 0.25) is 11.7 Å². The zero-order valence-electron chi connectivity index (χ0n) is 15.4. The molecule has 6 nitrogen and oxygen atoms in total. The number of carbonyl (C=O) groups excluding carboxylic acids is 1. The molecule has 3 rings (SSSR count). The second kappa shape index (κ2) is 8.84. The number of hydrogen-bond acceptors (Lipinski definition) is 5. The van der Waals surface area contributed by atoms with E-state index in [4.69, 9.17) is 20.9 Å². The number of carbonyl (C=O) groups is 1. The maximum Gasteiger partial charge on any atom is 0.263 e. The molecule has 0 aliphatic carbocycles. The minimum absolute atomic E-state index is 0.142. The molecule has 1 aromatic heterocycles. The van der Waals surface area contributed by atoms with Crippen LogP contribution in [0, 0.1) is 5.82 Å². The molecule has 8 heteroatoms. The number of nitrogens with zero attached hydrogens (tertiary/aromatic N) is 3. The van der Waals surface area contributed by atoms with Gasteiger partial charge in [0.05, 0.1) is 6.54 Å². The minimum Gasteiger partial charge on any atom is -0.481 e. The first-order valence-electron chi connectivity index (χ1n) is 8.72. The summed E-state index contributed by atoms with van der Waals surface area (Å²) in [6, 6.07) is 12.6. The molecule has 3 aromatic rings. The van der Waals surface area contributed by atoms with Crippen LogP contribution in [0.1, 0.15) is 19.2 Å². The first-order valence-corrected chi connectivity index (χ1v) is 9.09. The van der Waals surface area contributed by atoms with E-state index in [1.807, 2.05) is 6.92 Å². The Hall–Kier alpha value is -2.93. The van der Waals surface area contributed by atoms with Crippen molar-refractivity contribution < 1.29 is 18.4 Å². The average Bonchev–Trinajstić information content (AvgIpc) is 3.16. The Kier molecular flexibility index (Phi) is 6.26. The maximum absolute atomic E-state index is 13.0. The monoisotopic (exact) mass is 403 g/mol. The number of amides is 1. The van der Waals surface area contributed by atoms with Crippen LogP contribution in [0.15, 0.2) is 53.1 Å². The molecule has 146 valence electrons. The van der Waals surface area contributed by atoms with E-state index in [0.717, 1.165) is 5.56 Å². The van der Waals surface area contributed by atoms with Crippen LogP contribution in [0.4, 0.5) is 4.39 Å². The molecule has 0 aliphatic heterocycles. The van der Waals surface area contributed by atoms with E-state index in [9.17, 15) is 9.18 Å². The summed E-state index contributed by atoms with van der Waals surface area (Å²) >= 11 is 5.88. The van der Waals surface area contributed by atoms with Crippen molar-refractivity contribution in [3.05, 3.63) is 65.3 Å². The van der Waals surface area contributed by atoms with Gasteiger partial charge in [-0.1, -0.05) is 23.7 Å². The molecule has 0 aliphatic rings. The number of ether oxygens (including phenoxy) is 1. The SMILES string of the molecule is CC[C@@H](Oc1ccc(F)cc1)C(=O)N(C)Cc1nc(-c2ccc(Cl)cc2)no1. The highest BCUT2D eigenvalue weighted by molar-refractivity contribution is 6.30. The molecule has 2 aromatic carbocycles. The Balaban J connectivity index is 1.64. The summed E-state index contributed by atoms with van der Waals surface area (Å²) in [5.41, 5.74) is 0.763. The predicted molar refractivity (Wildman–Crippen MR) is 102 cm³/mol. The number of aromatic nitrogens is 2. The van der Waals surface area contributed by atoms with Gasteiger partial charge in [-0.2, -0.15) is 4.98 Å². The van der Waals surface area contributed by atoms with Crippen LogP contribution >= 0.6 is 11.6 Å². The zero-order valence-corrected chi connectivity index (χ0v) is 16.2. The molecule has 0 radical (unpaired) electrons. The molecule has 28 heavy (non-hydrogen) atoms. The van der Waals surface area contributed by atoms with Crippen molar-refractivity contribution in [2.75, 3.05) is 7.05 Å². The topological polar surface area (TPSA) is 68.5 Å². The fourth-order valence-electron chi connectivity index (χ4n) is 2.55. The highest BCUT2D eigenvalue weighted by Crippen LogP contribution is 2.20. The Bertz CT molecular complexity index is 929. The van der Waals surface area contributed by atoms with Crippen molar-refractivity contribution in [1.29, 1.82) is 0 Å². The molecule has 1 heterocycles. The second-order valence-corrected chi connectivity index (χ2v) is 6.62. The van der Waals surface area contributed by atoms with Crippen LogP contribution < -0.4 is 4.74 Å². The lowest BCUT2D eigenvalue weighted by Crippen LogP contribution is -2.39. The van der Waals surface area contributed by atoms with Crippen molar-refractivity contribution in [2.24, 2.45) is 0 Å². The fraction of sp³-hybridized carbons (Fsp3) is 0.250. The molecule has 0 N–H and O–H groups in total. The summed E-state index contributed by atoms with van der Waals surface area (Å²) in [5, 5.41) is 4.55. The first kappa shape index (κ1) is 19.8. The maximum atomic E-state index is 13.0. The average molecular weight is 404 g/mol. The van der Waals surface area contributed by atoms with Gasteiger partial charge in [0.25, 0.3) is 5.91 Å². The Morgan fingerprint density at radius 1 is 1.21 bits per heavy atom. The summed E-state index contributed by atoms with van der Waals surface area (Å²) < 4.78 is 24.0. The quantitative estimate of drug-likeness (QED) is 0.586. The standard InChI is InChI=1S/C20H19ClFN3O3/c1-3-17(27-16-10-8-15(22)9-11-16)20(26)25(2)12-18-23-19(24-28-18)13-4-6-14(21)7-5-13/h4-11,17H,3,12H2,1-2H3/t17-/m1/s1. The van der Waals surface area contributed by atoms with Gasteiger partial charge >= 0.3 is 0 Å². The lowest BCUT2D eigenvalue weighted by Gasteiger charge is -2.22. The summed E-state index contributed by atoms with van der Waals surface area (Å²) in [4.78, 5) is 18.5. The van der Waals surface area contributed by atoms with Crippen molar-refractivity contribution in [3.63, 3.8) is 0 Å². The third-order valence-electron chi connectivity index (χ3n) is 4.06. The second-order valence-electron chi connectivity index (χ2n) is 6.18. The number of benzene rings is 2. The molecule has 1 atom stereocenters. The first-order chi connectivity index (χ1) is 13.5. The highest BCUT2D eigenvalue weighted by atomic mass is 35.5. The number of halogens is 2. The Labute approximate surface area is 166 Å². The summed E-state index contributed by atoms with van der Waals surface area (Å²) in [6.07, 6.45) is -0.241. The molecule has 0 spiro atoms. The summed E-state index contributed by atoms with van der Waals surface area (Å²) in [6.45, 7) is 1.98. The van der Waals surface area contributed by atoms with Crippen LogP contribution in [0.2, 0.25) is 5.02 Å². The predicted octanol–water partition coefficient (Wildman–Crippen LogP) is 4.35. The van der Waals surface area contributed by atoms with Gasteiger partial charge in [0.1, 0.15) is 11.6 Å². The van der Waals surface area contributed by atoms with Gasteiger partial charge < -0.3 is 14.2 Å². The van der Waals surface area contributed by atoms with Crippen LogP contribution in [0.5, 0.6) is 5.75 Å². The molecular formula is C20H19ClFN3O3. The molecule has 0 saturated heterocycles. The number of likely N-dealkylation sites (N-methyl/N-ethyl adjacent to an activating group) is 1. The van der Waals surface area contributed by atoms with Gasteiger partial charge in [-0.25, -0.2) is 4.39 Å². The fourth-order valence-corrected chi connectivity index (χ4v) is 2.67. The van der Waals surface area contributed by atoms with E-state index < -0.39 is 6.10 Å². The number of hydrogen-bond donors (Lipinski definition) is 0.